The fraction of sp³-hybridized carbons (Fsp3) is 0.174. The van der Waals surface area contributed by atoms with Crippen LogP contribution in [0.4, 0.5) is 11.4 Å². The number of carbonyl (C=O) groups excluding carboxylic acids is 1. The molecule has 5 rings (SSSR count). The van der Waals surface area contributed by atoms with Gasteiger partial charge in [0, 0.05) is 23.4 Å². The van der Waals surface area contributed by atoms with E-state index in [4.69, 9.17) is 21.1 Å². The van der Waals surface area contributed by atoms with Crippen molar-refractivity contribution in [1.29, 1.82) is 0 Å². The van der Waals surface area contributed by atoms with Gasteiger partial charge in [0.15, 0.2) is 0 Å². The zero-order valence-electron chi connectivity index (χ0n) is 15.5. The summed E-state index contributed by atoms with van der Waals surface area (Å²) in [5.41, 5.74) is 7.13. The third-order valence-corrected chi connectivity index (χ3v) is 5.80. The molecular formula is C23H18ClNO3. The van der Waals surface area contributed by atoms with Gasteiger partial charge in [-0.3, -0.25) is 0 Å². The van der Waals surface area contributed by atoms with Crippen molar-refractivity contribution in [3.63, 3.8) is 0 Å². The predicted octanol–water partition coefficient (Wildman–Crippen LogP) is 5.42. The molecule has 4 nitrogen and oxygen atoms in total. The molecule has 0 spiro atoms. The molecule has 0 saturated heterocycles. The Bertz CT molecular complexity index is 1110. The molecule has 0 fully saturated rings. The number of anilines is 2. The summed E-state index contributed by atoms with van der Waals surface area (Å²) in [6.07, 6.45) is -0.237. The van der Waals surface area contributed by atoms with Gasteiger partial charge >= 0.3 is 5.97 Å². The Hall–Kier alpha value is -2.82. The molecule has 0 N–H and O–H groups in total. The van der Waals surface area contributed by atoms with Crippen molar-refractivity contribution in [1.82, 2.24) is 0 Å². The molecule has 5 heteroatoms. The molecule has 28 heavy (non-hydrogen) atoms. The highest BCUT2D eigenvalue weighted by molar-refractivity contribution is 6.30. The maximum atomic E-state index is 11.9. The van der Waals surface area contributed by atoms with Gasteiger partial charge in [0.05, 0.1) is 12.7 Å². The number of halogens is 1. The number of rotatable bonds is 3. The quantitative estimate of drug-likeness (QED) is 0.559. The minimum Gasteiger partial charge on any atom is -0.465 e. The molecule has 3 aromatic carbocycles. The van der Waals surface area contributed by atoms with Crippen LogP contribution < -0.4 is 4.90 Å². The van der Waals surface area contributed by atoms with Crippen molar-refractivity contribution in [2.24, 2.45) is 0 Å². The topological polar surface area (TPSA) is 38.8 Å². The number of ether oxygens (including phenoxy) is 2. The number of benzene rings is 3. The monoisotopic (exact) mass is 391 g/mol. The van der Waals surface area contributed by atoms with E-state index < -0.39 is 0 Å². The molecule has 0 aromatic heterocycles. The Morgan fingerprint density at radius 2 is 1.61 bits per heavy atom. The van der Waals surface area contributed by atoms with E-state index in [0.717, 1.165) is 28.1 Å². The molecule has 3 aromatic rings. The maximum Gasteiger partial charge on any atom is 0.337 e. The van der Waals surface area contributed by atoms with E-state index in [1.807, 2.05) is 43.4 Å². The fourth-order valence-electron chi connectivity index (χ4n) is 4.12. The zero-order chi connectivity index (χ0) is 19.4. The Balaban J connectivity index is 1.53. The van der Waals surface area contributed by atoms with Crippen LogP contribution in [0, 0.1) is 0 Å². The molecule has 2 aliphatic heterocycles. The average molecular weight is 392 g/mol. The van der Waals surface area contributed by atoms with Crippen LogP contribution in [0.1, 0.15) is 44.8 Å². The number of fused-ring (bicyclic) bond motifs is 8. The van der Waals surface area contributed by atoms with E-state index in [1.165, 1.54) is 12.7 Å². The van der Waals surface area contributed by atoms with Crippen LogP contribution in [0.15, 0.2) is 60.7 Å². The van der Waals surface area contributed by atoms with Crippen LogP contribution in [0.3, 0.4) is 0 Å². The van der Waals surface area contributed by atoms with Crippen LogP contribution in [-0.2, 0) is 9.47 Å². The fourth-order valence-corrected chi connectivity index (χ4v) is 4.30. The molecule has 2 atom stereocenters. The highest BCUT2D eigenvalue weighted by atomic mass is 35.5. The second-order valence-electron chi connectivity index (χ2n) is 7.08. The van der Waals surface area contributed by atoms with E-state index in [2.05, 4.69) is 23.1 Å². The number of hydrogen-bond acceptors (Lipinski definition) is 4. The van der Waals surface area contributed by atoms with Gasteiger partial charge in [-0.2, -0.15) is 0 Å². The van der Waals surface area contributed by atoms with Gasteiger partial charge in [0.2, 0.25) is 0 Å². The third kappa shape index (κ3) is 2.53. The van der Waals surface area contributed by atoms with Crippen molar-refractivity contribution in [2.45, 2.75) is 12.2 Å². The smallest absolute Gasteiger partial charge is 0.337 e. The van der Waals surface area contributed by atoms with Crippen molar-refractivity contribution < 1.29 is 14.3 Å². The minimum atomic E-state index is -0.333. The molecule has 0 radical (unpaired) electrons. The lowest BCUT2D eigenvalue weighted by Gasteiger charge is -2.23. The lowest BCUT2D eigenvalue weighted by molar-refractivity contribution is 0.0600. The molecule has 2 heterocycles. The maximum absolute atomic E-state index is 11.9. The third-order valence-electron chi connectivity index (χ3n) is 5.56. The molecule has 0 unspecified atom stereocenters. The SMILES string of the molecule is COC(=O)c1ccc2c(c1)[C@@H]1O[C@H]2c2ccc(N(C)c3cccc(Cl)c3)cc21. The summed E-state index contributed by atoms with van der Waals surface area (Å²) in [5.74, 6) is -0.333. The molecule has 2 bridgehead atoms. The van der Waals surface area contributed by atoms with Gasteiger partial charge in [-0.1, -0.05) is 29.8 Å². The number of methoxy groups -OCH3 is 1. The number of carbonyl (C=O) groups is 1. The van der Waals surface area contributed by atoms with Gasteiger partial charge in [-0.05, 0) is 64.7 Å². The molecule has 0 aliphatic carbocycles. The summed E-state index contributed by atoms with van der Waals surface area (Å²) in [6, 6.07) is 19.8. The van der Waals surface area contributed by atoms with Gasteiger partial charge in [-0.15, -0.1) is 0 Å². The van der Waals surface area contributed by atoms with Crippen molar-refractivity contribution in [2.75, 3.05) is 19.1 Å². The van der Waals surface area contributed by atoms with Gasteiger partial charge in [-0.25, -0.2) is 4.79 Å². The van der Waals surface area contributed by atoms with Crippen LogP contribution in [0.25, 0.3) is 0 Å². The first-order valence-corrected chi connectivity index (χ1v) is 9.45. The summed E-state index contributed by atoms with van der Waals surface area (Å²) < 4.78 is 11.1. The molecular weight excluding hydrogens is 374 g/mol. The zero-order valence-corrected chi connectivity index (χ0v) is 16.2. The normalized spacial score (nSPS) is 18.5. The summed E-state index contributed by atoms with van der Waals surface area (Å²) >= 11 is 6.15. The summed E-state index contributed by atoms with van der Waals surface area (Å²) in [7, 11) is 3.41. The lowest BCUT2D eigenvalue weighted by Crippen LogP contribution is -2.11. The first-order valence-electron chi connectivity index (χ1n) is 9.07. The summed E-state index contributed by atoms with van der Waals surface area (Å²) in [4.78, 5) is 14.0. The second kappa shape index (κ2) is 6.36. The van der Waals surface area contributed by atoms with Gasteiger partial charge in [0.1, 0.15) is 12.2 Å². The van der Waals surface area contributed by atoms with Gasteiger partial charge < -0.3 is 14.4 Å². The highest BCUT2D eigenvalue weighted by Gasteiger charge is 2.43. The van der Waals surface area contributed by atoms with Crippen molar-refractivity contribution in [3.8, 4) is 0 Å². The van der Waals surface area contributed by atoms with Crippen molar-refractivity contribution in [3.05, 3.63) is 93.5 Å². The van der Waals surface area contributed by atoms with E-state index >= 15 is 0 Å². The van der Waals surface area contributed by atoms with Gasteiger partial charge in [0.25, 0.3) is 0 Å². The van der Waals surface area contributed by atoms with E-state index in [0.29, 0.717) is 10.6 Å². The van der Waals surface area contributed by atoms with Crippen LogP contribution in [0.2, 0.25) is 5.02 Å². The first-order chi connectivity index (χ1) is 13.6. The number of nitrogens with zero attached hydrogens (tertiary/aromatic N) is 1. The van der Waals surface area contributed by atoms with Crippen molar-refractivity contribution >= 4 is 28.9 Å². The molecule has 2 aliphatic rings. The summed E-state index contributed by atoms with van der Waals surface area (Å²) in [6.45, 7) is 0. The Kier molecular flexibility index (Phi) is 3.93. The lowest BCUT2D eigenvalue weighted by atomic mass is 9.85. The van der Waals surface area contributed by atoms with Crippen LogP contribution in [-0.4, -0.2) is 20.1 Å². The second-order valence-corrected chi connectivity index (χ2v) is 7.52. The Labute approximate surface area is 168 Å². The highest BCUT2D eigenvalue weighted by Crippen LogP contribution is 2.55. The van der Waals surface area contributed by atoms with Crippen LogP contribution >= 0.6 is 11.6 Å². The average Bonchev–Trinajstić information content (AvgIpc) is 3.29. The number of esters is 1. The molecule has 0 amide bonds. The predicted molar refractivity (Wildman–Crippen MR) is 109 cm³/mol. The van der Waals surface area contributed by atoms with E-state index in [9.17, 15) is 4.79 Å². The Morgan fingerprint density at radius 3 is 2.36 bits per heavy atom. The largest absolute Gasteiger partial charge is 0.465 e. The summed E-state index contributed by atoms with van der Waals surface area (Å²) in [5, 5.41) is 0.706. The van der Waals surface area contributed by atoms with E-state index in [-0.39, 0.29) is 18.2 Å². The van der Waals surface area contributed by atoms with Crippen LogP contribution in [0.5, 0.6) is 0 Å². The number of hydrogen-bond donors (Lipinski definition) is 0. The molecule has 140 valence electrons. The van der Waals surface area contributed by atoms with E-state index in [1.54, 1.807) is 6.07 Å². The minimum absolute atomic E-state index is 0.0766. The molecule has 0 saturated carbocycles. The first kappa shape index (κ1) is 17.3. The standard InChI is InChI=1S/C23H18ClNO3/c1-25(15-5-3-4-14(24)11-15)16-7-9-18-20(12-16)22-19-10-13(23(26)27-2)6-8-17(19)21(18)28-22/h3-12,21-22H,1-2H3/t21-,22+/m1/s1. The Morgan fingerprint density at radius 1 is 0.929 bits per heavy atom.